The van der Waals surface area contributed by atoms with Crippen LogP contribution in [0.4, 0.5) is 0 Å². The highest BCUT2D eigenvalue weighted by molar-refractivity contribution is 5.99. The highest BCUT2D eigenvalue weighted by atomic mass is 16.5. The van der Waals surface area contributed by atoms with Crippen molar-refractivity contribution in [3.63, 3.8) is 0 Å². The van der Waals surface area contributed by atoms with Crippen molar-refractivity contribution >= 4 is 16.8 Å². The third-order valence-electron chi connectivity index (χ3n) is 7.52. The highest BCUT2D eigenvalue weighted by Gasteiger charge is 2.16. The van der Waals surface area contributed by atoms with E-state index in [1.807, 2.05) is 73.7 Å². The zero-order valence-electron chi connectivity index (χ0n) is 22.7. The molecule has 0 aliphatic heterocycles. The second-order valence-corrected chi connectivity index (χ2v) is 9.85. The minimum absolute atomic E-state index is 0.0988. The predicted molar refractivity (Wildman–Crippen MR) is 156 cm³/mol. The molecule has 0 aliphatic carbocycles. The van der Waals surface area contributed by atoms with Crippen molar-refractivity contribution in [2.45, 2.75) is 33.4 Å². The topological polar surface area (TPSA) is 67.0 Å². The largest absolute Gasteiger partial charge is 0.497 e. The first-order valence-corrected chi connectivity index (χ1v) is 13.0. The van der Waals surface area contributed by atoms with Gasteiger partial charge in [0.2, 0.25) is 0 Å². The molecule has 0 bridgehead atoms. The summed E-state index contributed by atoms with van der Waals surface area (Å²) >= 11 is 0. The Labute approximate surface area is 229 Å². The lowest BCUT2D eigenvalue weighted by Gasteiger charge is -2.15. The summed E-state index contributed by atoms with van der Waals surface area (Å²) in [6, 6.07) is 31.9. The van der Waals surface area contributed by atoms with E-state index in [0.717, 1.165) is 39.9 Å². The quantitative estimate of drug-likeness (QED) is 0.247. The normalized spacial score (nSPS) is 11.7. The van der Waals surface area contributed by atoms with Crippen LogP contribution in [0.5, 0.6) is 5.75 Å². The lowest BCUT2D eigenvalue weighted by atomic mass is 9.99. The van der Waals surface area contributed by atoms with Gasteiger partial charge >= 0.3 is 0 Å². The molecule has 5 heteroatoms. The van der Waals surface area contributed by atoms with Gasteiger partial charge in [-0.3, -0.25) is 4.79 Å². The fourth-order valence-corrected chi connectivity index (χ4v) is 5.06. The molecular weight excluding hydrogens is 482 g/mol. The molecule has 194 valence electrons. The molecule has 0 spiro atoms. The van der Waals surface area contributed by atoms with Gasteiger partial charge in [0.25, 0.3) is 5.91 Å². The molecule has 0 radical (unpaired) electrons. The molecule has 5 nitrogen and oxygen atoms in total. The number of hydrogen-bond acceptors (Lipinski definition) is 3. The summed E-state index contributed by atoms with van der Waals surface area (Å²) in [5, 5.41) is 13.6. The van der Waals surface area contributed by atoms with E-state index in [2.05, 4.69) is 54.1 Å². The van der Waals surface area contributed by atoms with E-state index in [1.165, 1.54) is 16.8 Å². The first-order chi connectivity index (χ1) is 18.9. The van der Waals surface area contributed by atoms with Crippen molar-refractivity contribution < 1.29 is 9.53 Å². The maximum atomic E-state index is 13.1. The molecule has 1 N–H and O–H groups in total. The molecule has 4 aromatic carbocycles. The fourth-order valence-electron chi connectivity index (χ4n) is 5.06. The standard InChI is InChI=1S/C34H31N3O2/c1-22-24(3)37(21-25-9-11-27(12-10-25)31-8-6-5-7-29(31)20-35)33-18-15-28(19-32(22)33)34(38)36-23(2)26-13-16-30(39-4)17-14-26/h5-19,23H,21H2,1-4H3,(H,36,38)/t23-/m0/s1. The van der Waals surface area contributed by atoms with Crippen LogP contribution in [0.15, 0.2) is 91.0 Å². The molecule has 1 amide bonds. The summed E-state index contributed by atoms with van der Waals surface area (Å²) in [6.45, 7) is 6.93. The Balaban J connectivity index is 1.37. The lowest BCUT2D eigenvalue weighted by molar-refractivity contribution is 0.0940. The molecule has 1 aromatic heterocycles. The smallest absolute Gasteiger partial charge is 0.251 e. The zero-order valence-corrected chi connectivity index (χ0v) is 22.7. The number of hydrogen-bond donors (Lipinski definition) is 1. The van der Waals surface area contributed by atoms with Crippen LogP contribution < -0.4 is 10.1 Å². The third-order valence-corrected chi connectivity index (χ3v) is 7.52. The van der Waals surface area contributed by atoms with E-state index in [-0.39, 0.29) is 11.9 Å². The van der Waals surface area contributed by atoms with Gasteiger partial charge in [0.05, 0.1) is 24.8 Å². The van der Waals surface area contributed by atoms with Gasteiger partial charge in [-0.25, -0.2) is 0 Å². The maximum Gasteiger partial charge on any atom is 0.251 e. The van der Waals surface area contributed by atoms with Crippen LogP contribution in [0.3, 0.4) is 0 Å². The number of ether oxygens (including phenoxy) is 1. The van der Waals surface area contributed by atoms with Crippen LogP contribution in [0.1, 0.15) is 51.3 Å². The van der Waals surface area contributed by atoms with Crippen LogP contribution in [-0.4, -0.2) is 17.6 Å². The Morgan fingerprint density at radius 2 is 1.69 bits per heavy atom. The first kappa shape index (κ1) is 25.8. The molecule has 0 saturated heterocycles. The number of nitrogens with one attached hydrogen (secondary N) is 1. The van der Waals surface area contributed by atoms with Crippen LogP contribution in [0.2, 0.25) is 0 Å². The predicted octanol–water partition coefficient (Wildman–Crippen LogP) is 7.34. The molecule has 5 rings (SSSR count). The molecule has 0 saturated carbocycles. The third kappa shape index (κ3) is 5.15. The van der Waals surface area contributed by atoms with E-state index in [0.29, 0.717) is 11.1 Å². The number of aromatic nitrogens is 1. The number of aryl methyl sites for hydroxylation is 1. The minimum atomic E-state index is -0.130. The Bertz CT molecular complexity index is 1690. The summed E-state index contributed by atoms with van der Waals surface area (Å²) in [7, 11) is 1.64. The van der Waals surface area contributed by atoms with Crippen molar-refractivity contribution in [3.05, 3.63) is 125 Å². The molecule has 39 heavy (non-hydrogen) atoms. The number of rotatable bonds is 7. The average Bonchev–Trinajstić information content (AvgIpc) is 3.21. The Morgan fingerprint density at radius 1 is 0.974 bits per heavy atom. The van der Waals surface area contributed by atoms with Crippen molar-refractivity contribution in [1.29, 1.82) is 5.26 Å². The molecular formula is C34H31N3O2. The van der Waals surface area contributed by atoms with Gasteiger partial charge in [-0.05, 0) is 85.0 Å². The molecule has 5 aromatic rings. The van der Waals surface area contributed by atoms with Gasteiger partial charge in [-0.15, -0.1) is 0 Å². The first-order valence-electron chi connectivity index (χ1n) is 13.0. The number of benzene rings is 4. The van der Waals surface area contributed by atoms with E-state index < -0.39 is 0 Å². The van der Waals surface area contributed by atoms with Crippen molar-refractivity contribution in [2.24, 2.45) is 0 Å². The van der Waals surface area contributed by atoms with Crippen molar-refractivity contribution in [3.8, 4) is 22.9 Å². The number of methoxy groups -OCH3 is 1. The molecule has 1 heterocycles. The van der Waals surface area contributed by atoms with Gasteiger partial charge in [-0.2, -0.15) is 5.26 Å². The van der Waals surface area contributed by atoms with Crippen molar-refractivity contribution in [1.82, 2.24) is 9.88 Å². The van der Waals surface area contributed by atoms with E-state index in [4.69, 9.17) is 4.74 Å². The molecule has 0 fully saturated rings. The summed E-state index contributed by atoms with van der Waals surface area (Å²) < 4.78 is 7.53. The van der Waals surface area contributed by atoms with E-state index in [9.17, 15) is 10.1 Å². The monoisotopic (exact) mass is 513 g/mol. The summed E-state index contributed by atoms with van der Waals surface area (Å²) in [4.78, 5) is 13.1. The number of nitriles is 1. The average molecular weight is 514 g/mol. The Hall–Kier alpha value is -4.82. The number of carbonyl (C=O) groups is 1. The fraction of sp³-hybridized carbons (Fsp3) is 0.176. The van der Waals surface area contributed by atoms with Crippen LogP contribution in [0.25, 0.3) is 22.0 Å². The zero-order chi connectivity index (χ0) is 27.5. The van der Waals surface area contributed by atoms with E-state index >= 15 is 0 Å². The second-order valence-electron chi connectivity index (χ2n) is 9.85. The summed E-state index contributed by atoms with van der Waals surface area (Å²) in [6.07, 6.45) is 0. The number of carbonyl (C=O) groups excluding carboxylic acids is 1. The maximum absolute atomic E-state index is 13.1. The van der Waals surface area contributed by atoms with Crippen LogP contribution >= 0.6 is 0 Å². The molecule has 0 unspecified atom stereocenters. The number of fused-ring (bicyclic) bond motifs is 1. The van der Waals surface area contributed by atoms with Gasteiger partial charge in [0.15, 0.2) is 0 Å². The molecule has 1 atom stereocenters. The molecule has 0 aliphatic rings. The second kappa shape index (κ2) is 10.9. The van der Waals surface area contributed by atoms with Gasteiger partial charge < -0.3 is 14.6 Å². The number of amides is 1. The van der Waals surface area contributed by atoms with Crippen LogP contribution in [-0.2, 0) is 6.54 Å². The SMILES string of the molecule is COc1ccc([C@H](C)NC(=O)c2ccc3c(c2)c(C)c(C)n3Cc2ccc(-c3ccccc3C#N)cc2)cc1. The lowest BCUT2D eigenvalue weighted by Crippen LogP contribution is -2.26. The van der Waals surface area contributed by atoms with Gasteiger partial charge in [0, 0.05) is 28.7 Å². The van der Waals surface area contributed by atoms with Gasteiger partial charge in [-0.1, -0.05) is 54.6 Å². The Kier molecular flexibility index (Phi) is 7.21. The minimum Gasteiger partial charge on any atom is -0.497 e. The highest BCUT2D eigenvalue weighted by Crippen LogP contribution is 2.29. The van der Waals surface area contributed by atoms with Crippen molar-refractivity contribution in [2.75, 3.05) is 7.11 Å². The van der Waals surface area contributed by atoms with E-state index in [1.54, 1.807) is 7.11 Å². The number of nitrogens with zero attached hydrogens (tertiary/aromatic N) is 2. The summed E-state index contributed by atoms with van der Waals surface area (Å²) in [5.74, 6) is 0.691. The Morgan fingerprint density at radius 3 is 2.38 bits per heavy atom. The summed E-state index contributed by atoms with van der Waals surface area (Å²) in [5.41, 5.74) is 8.92. The van der Waals surface area contributed by atoms with Crippen LogP contribution in [0, 0.1) is 25.2 Å². The van der Waals surface area contributed by atoms with Gasteiger partial charge in [0.1, 0.15) is 5.75 Å².